The van der Waals surface area contributed by atoms with Crippen molar-refractivity contribution in [3.8, 4) is 5.75 Å². The number of carbonyl (C=O) groups excluding carboxylic acids is 1. The van der Waals surface area contributed by atoms with Crippen LogP contribution in [0.5, 0.6) is 5.75 Å². The van der Waals surface area contributed by atoms with Crippen LogP contribution in [-0.2, 0) is 11.4 Å². The Labute approximate surface area is 137 Å². The van der Waals surface area contributed by atoms with E-state index in [-0.39, 0.29) is 5.91 Å². The lowest BCUT2D eigenvalue weighted by Crippen LogP contribution is -2.15. The maximum absolute atomic E-state index is 12.1. The van der Waals surface area contributed by atoms with Gasteiger partial charge in [0.2, 0.25) is 5.91 Å². The van der Waals surface area contributed by atoms with Gasteiger partial charge >= 0.3 is 0 Å². The van der Waals surface area contributed by atoms with Crippen LogP contribution in [0, 0.1) is 5.92 Å². The zero-order valence-electron chi connectivity index (χ0n) is 13.3. The van der Waals surface area contributed by atoms with Gasteiger partial charge < -0.3 is 10.1 Å². The molecule has 1 aliphatic carbocycles. The van der Waals surface area contributed by atoms with Crippen LogP contribution in [0.15, 0.2) is 54.6 Å². The van der Waals surface area contributed by atoms with E-state index >= 15 is 0 Å². The minimum Gasteiger partial charge on any atom is -0.489 e. The maximum atomic E-state index is 12.1. The summed E-state index contributed by atoms with van der Waals surface area (Å²) in [5.41, 5.74) is 1.93. The normalized spacial score (nSPS) is 14.6. The predicted molar refractivity (Wildman–Crippen MR) is 92.4 cm³/mol. The van der Waals surface area contributed by atoms with E-state index in [1.165, 1.54) is 25.7 Å². The maximum Gasteiger partial charge on any atom is 0.224 e. The summed E-state index contributed by atoms with van der Waals surface area (Å²) in [6.45, 7) is 0.528. The molecule has 1 aliphatic rings. The van der Waals surface area contributed by atoms with Crippen LogP contribution >= 0.6 is 0 Å². The largest absolute Gasteiger partial charge is 0.489 e. The molecule has 0 aliphatic heterocycles. The number of hydrogen-bond acceptors (Lipinski definition) is 2. The molecule has 0 heterocycles. The van der Waals surface area contributed by atoms with Crippen LogP contribution in [-0.4, -0.2) is 5.91 Å². The fraction of sp³-hybridized carbons (Fsp3) is 0.350. The topological polar surface area (TPSA) is 38.3 Å². The molecule has 0 bridgehead atoms. The Hall–Kier alpha value is -2.29. The first-order valence-electron chi connectivity index (χ1n) is 8.36. The first kappa shape index (κ1) is 15.6. The van der Waals surface area contributed by atoms with E-state index in [9.17, 15) is 4.79 Å². The molecule has 0 saturated heterocycles. The van der Waals surface area contributed by atoms with Gasteiger partial charge in [0.1, 0.15) is 12.4 Å². The molecule has 23 heavy (non-hydrogen) atoms. The second-order valence-corrected chi connectivity index (χ2v) is 6.20. The molecule has 1 amide bonds. The summed E-state index contributed by atoms with van der Waals surface area (Å²) >= 11 is 0. The van der Waals surface area contributed by atoms with Gasteiger partial charge in [-0.1, -0.05) is 49.2 Å². The van der Waals surface area contributed by atoms with Gasteiger partial charge in [-0.3, -0.25) is 4.79 Å². The smallest absolute Gasteiger partial charge is 0.224 e. The van der Waals surface area contributed by atoms with Crippen LogP contribution in [0.1, 0.15) is 37.7 Å². The summed E-state index contributed by atoms with van der Waals surface area (Å²) in [5.74, 6) is 1.44. The van der Waals surface area contributed by atoms with Crippen LogP contribution in [0.25, 0.3) is 0 Å². The van der Waals surface area contributed by atoms with Crippen molar-refractivity contribution < 1.29 is 9.53 Å². The van der Waals surface area contributed by atoms with E-state index < -0.39 is 0 Å². The van der Waals surface area contributed by atoms with Crippen molar-refractivity contribution in [3.63, 3.8) is 0 Å². The van der Waals surface area contributed by atoms with E-state index in [4.69, 9.17) is 4.74 Å². The number of benzene rings is 2. The minimum atomic E-state index is 0.108. The number of nitrogens with one attached hydrogen (secondary N) is 1. The summed E-state index contributed by atoms with van der Waals surface area (Å²) in [7, 11) is 0. The van der Waals surface area contributed by atoms with Gasteiger partial charge in [-0.2, -0.15) is 0 Å². The van der Waals surface area contributed by atoms with Crippen molar-refractivity contribution in [1.29, 1.82) is 0 Å². The van der Waals surface area contributed by atoms with E-state index in [1.54, 1.807) is 0 Å². The summed E-state index contributed by atoms with van der Waals surface area (Å²) in [6.07, 6.45) is 5.54. The quantitative estimate of drug-likeness (QED) is 0.833. The Balaban J connectivity index is 1.53. The van der Waals surface area contributed by atoms with Crippen molar-refractivity contribution >= 4 is 11.6 Å². The zero-order chi connectivity index (χ0) is 15.9. The number of amides is 1. The molecule has 2 aromatic carbocycles. The van der Waals surface area contributed by atoms with Gasteiger partial charge in [0.05, 0.1) is 0 Å². The monoisotopic (exact) mass is 309 g/mol. The summed E-state index contributed by atoms with van der Waals surface area (Å²) in [5, 5.41) is 2.99. The Kier molecular flexibility index (Phi) is 5.30. The van der Waals surface area contributed by atoms with E-state index in [0.717, 1.165) is 17.0 Å². The molecule has 0 atom stereocenters. The molecule has 120 valence electrons. The average Bonchev–Trinajstić information content (AvgIpc) is 3.07. The summed E-state index contributed by atoms with van der Waals surface area (Å²) < 4.78 is 5.80. The molecule has 1 saturated carbocycles. The van der Waals surface area contributed by atoms with Crippen molar-refractivity contribution in [2.24, 2.45) is 5.92 Å². The lowest BCUT2D eigenvalue weighted by Gasteiger charge is -2.11. The highest BCUT2D eigenvalue weighted by molar-refractivity contribution is 5.91. The van der Waals surface area contributed by atoms with Gasteiger partial charge in [0.25, 0.3) is 0 Å². The predicted octanol–water partition coefficient (Wildman–Crippen LogP) is 4.78. The highest BCUT2D eigenvalue weighted by Gasteiger charge is 2.18. The average molecular weight is 309 g/mol. The number of ether oxygens (including phenoxy) is 1. The second kappa shape index (κ2) is 7.82. The third-order valence-electron chi connectivity index (χ3n) is 4.31. The molecule has 3 rings (SSSR count). The Morgan fingerprint density at radius 3 is 2.61 bits per heavy atom. The first-order chi connectivity index (χ1) is 11.3. The third-order valence-corrected chi connectivity index (χ3v) is 4.31. The van der Waals surface area contributed by atoms with Crippen molar-refractivity contribution in [2.75, 3.05) is 5.32 Å². The zero-order valence-corrected chi connectivity index (χ0v) is 13.3. The van der Waals surface area contributed by atoms with Crippen LogP contribution in [0.2, 0.25) is 0 Å². The van der Waals surface area contributed by atoms with Crippen molar-refractivity contribution in [1.82, 2.24) is 0 Å². The second-order valence-electron chi connectivity index (χ2n) is 6.20. The van der Waals surface area contributed by atoms with Gasteiger partial charge in [-0.15, -0.1) is 0 Å². The highest BCUT2D eigenvalue weighted by Crippen LogP contribution is 2.28. The standard InChI is InChI=1S/C20H23NO2/c22-20(13-16-7-4-5-8-16)21-18-11-6-12-19(14-18)23-15-17-9-2-1-3-10-17/h1-3,6,9-12,14,16H,4-5,7-8,13,15H2,(H,21,22). The molecule has 0 aromatic heterocycles. The fourth-order valence-electron chi connectivity index (χ4n) is 3.09. The lowest BCUT2D eigenvalue weighted by atomic mass is 10.0. The minimum absolute atomic E-state index is 0.108. The van der Waals surface area contributed by atoms with Gasteiger partial charge in [-0.05, 0) is 36.5 Å². The van der Waals surface area contributed by atoms with E-state index in [1.807, 2.05) is 54.6 Å². The highest BCUT2D eigenvalue weighted by atomic mass is 16.5. The summed E-state index contributed by atoms with van der Waals surface area (Å²) in [4.78, 5) is 12.1. The molecule has 0 unspecified atom stereocenters. The molecule has 3 nitrogen and oxygen atoms in total. The molecule has 1 fully saturated rings. The van der Waals surface area contributed by atoms with E-state index in [0.29, 0.717) is 18.9 Å². The molecule has 1 N–H and O–H groups in total. The van der Waals surface area contributed by atoms with Crippen molar-refractivity contribution in [2.45, 2.75) is 38.7 Å². The number of anilines is 1. The lowest BCUT2D eigenvalue weighted by molar-refractivity contribution is -0.117. The number of rotatable bonds is 6. The number of carbonyl (C=O) groups is 1. The summed E-state index contributed by atoms with van der Waals surface area (Å²) in [6, 6.07) is 17.7. The fourth-order valence-corrected chi connectivity index (χ4v) is 3.09. The first-order valence-corrected chi connectivity index (χ1v) is 8.36. The Bertz CT molecular complexity index is 633. The van der Waals surface area contributed by atoms with Crippen molar-refractivity contribution in [3.05, 3.63) is 60.2 Å². The Morgan fingerprint density at radius 2 is 1.83 bits per heavy atom. The molecular weight excluding hydrogens is 286 g/mol. The van der Waals surface area contributed by atoms with E-state index in [2.05, 4.69) is 5.32 Å². The van der Waals surface area contributed by atoms with Crippen LogP contribution in [0.4, 0.5) is 5.69 Å². The molecule has 3 heteroatoms. The molecule has 0 spiro atoms. The molecule has 0 radical (unpaired) electrons. The number of hydrogen-bond donors (Lipinski definition) is 1. The van der Waals surface area contributed by atoms with Crippen LogP contribution in [0.3, 0.4) is 0 Å². The van der Waals surface area contributed by atoms with Gasteiger partial charge in [-0.25, -0.2) is 0 Å². The van der Waals surface area contributed by atoms with Crippen LogP contribution < -0.4 is 10.1 Å². The third kappa shape index (κ3) is 4.85. The molecule has 2 aromatic rings. The molecular formula is C20H23NO2. The Morgan fingerprint density at radius 1 is 1.04 bits per heavy atom. The SMILES string of the molecule is O=C(CC1CCCC1)Nc1cccc(OCc2ccccc2)c1. The van der Waals surface area contributed by atoms with Gasteiger partial charge in [0.15, 0.2) is 0 Å². The van der Waals surface area contributed by atoms with Gasteiger partial charge in [0, 0.05) is 18.2 Å².